The first-order chi connectivity index (χ1) is 5.17. The van der Waals surface area contributed by atoms with E-state index in [-0.39, 0.29) is 5.79 Å². The molecule has 11 heavy (non-hydrogen) atoms. The maximum atomic E-state index is 5.73. The molecule has 0 aromatic heterocycles. The molecule has 2 aliphatic rings. The van der Waals surface area contributed by atoms with Crippen molar-refractivity contribution in [1.29, 1.82) is 0 Å². The van der Waals surface area contributed by atoms with Gasteiger partial charge in [0.05, 0.1) is 12.2 Å². The summed E-state index contributed by atoms with van der Waals surface area (Å²) in [6, 6.07) is 0. The van der Waals surface area contributed by atoms with Crippen molar-refractivity contribution in [2.45, 2.75) is 57.5 Å². The molecule has 1 aliphatic heterocycles. The second kappa shape index (κ2) is 2.46. The van der Waals surface area contributed by atoms with Gasteiger partial charge in [-0.05, 0) is 26.7 Å². The predicted molar refractivity (Wildman–Crippen MR) is 42.3 cm³/mol. The minimum atomic E-state index is -0.320. The first-order valence-corrected chi connectivity index (χ1v) is 4.53. The maximum Gasteiger partial charge on any atom is 0.163 e. The predicted octanol–water partition coefficient (Wildman–Crippen LogP) is 2.08. The number of hydrogen-bond donors (Lipinski definition) is 0. The standard InChI is InChI=1S/C9H16O2/c1-9(2)10-7-5-3-4-6-8(7)11-9/h7-8H,3-6H2,1-2H3/t7-,8?/m0/s1. The molecule has 0 spiro atoms. The van der Waals surface area contributed by atoms with Crippen molar-refractivity contribution in [1.82, 2.24) is 0 Å². The summed E-state index contributed by atoms with van der Waals surface area (Å²) in [4.78, 5) is 0. The molecule has 2 nitrogen and oxygen atoms in total. The molecule has 0 bridgehead atoms. The first-order valence-electron chi connectivity index (χ1n) is 4.53. The highest BCUT2D eigenvalue weighted by Gasteiger charge is 2.41. The lowest BCUT2D eigenvalue weighted by Crippen LogP contribution is -2.25. The quantitative estimate of drug-likeness (QED) is 0.534. The van der Waals surface area contributed by atoms with Gasteiger partial charge in [-0.25, -0.2) is 0 Å². The summed E-state index contributed by atoms with van der Waals surface area (Å²) in [5, 5.41) is 0. The Morgan fingerprint density at radius 1 is 1.00 bits per heavy atom. The van der Waals surface area contributed by atoms with E-state index >= 15 is 0 Å². The van der Waals surface area contributed by atoms with Gasteiger partial charge in [-0.1, -0.05) is 12.8 Å². The Labute approximate surface area is 67.9 Å². The zero-order valence-corrected chi connectivity index (χ0v) is 7.30. The van der Waals surface area contributed by atoms with Crippen LogP contribution in [0.2, 0.25) is 0 Å². The lowest BCUT2D eigenvalue weighted by atomic mass is 9.95. The van der Waals surface area contributed by atoms with Crippen LogP contribution >= 0.6 is 0 Å². The zero-order chi connectivity index (χ0) is 7.90. The van der Waals surface area contributed by atoms with Gasteiger partial charge in [0.2, 0.25) is 0 Å². The molecular weight excluding hydrogens is 140 g/mol. The van der Waals surface area contributed by atoms with E-state index in [4.69, 9.17) is 9.47 Å². The van der Waals surface area contributed by atoms with Gasteiger partial charge in [-0.2, -0.15) is 0 Å². The molecule has 0 N–H and O–H groups in total. The zero-order valence-electron chi connectivity index (χ0n) is 7.30. The SMILES string of the molecule is CC1(C)OC2CCCC[C@@H]2O1. The minimum Gasteiger partial charge on any atom is -0.345 e. The minimum absolute atomic E-state index is 0.320. The molecule has 2 fully saturated rings. The van der Waals surface area contributed by atoms with Gasteiger partial charge in [-0.3, -0.25) is 0 Å². The van der Waals surface area contributed by atoms with Crippen LogP contribution in [0, 0.1) is 0 Å². The van der Waals surface area contributed by atoms with E-state index in [1.165, 1.54) is 25.7 Å². The average molecular weight is 156 g/mol. The Balaban J connectivity index is 2.03. The molecule has 2 atom stereocenters. The summed E-state index contributed by atoms with van der Waals surface area (Å²) in [5.74, 6) is -0.320. The second-order valence-corrected chi connectivity index (χ2v) is 4.00. The molecule has 1 saturated carbocycles. The smallest absolute Gasteiger partial charge is 0.163 e. The van der Waals surface area contributed by atoms with E-state index < -0.39 is 0 Å². The van der Waals surface area contributed by atoms with Crippen molar-refractivity contribution in [3.05, 3.63) is 0 Å². The number of hydrogen-bond acceptors (Lipinski definition) is 2. The van der Waals surface area contributed by atoms with E-state index in [2.05, 4.69) is 0 Å². The summed E-state index contributed by atoms with van der Waals surface area (Å²) >= 11 is 0. The van der Waals surface area contributed by atoms with Crippen molar-refractivity contribution in [2.75, 3.05) is 0 Å². The lowest BCUT2D eigenvalue weighted by Gasteiger charge is -2.21. The second-order valence-electron chi connectivity index (χ2n) is 4.00. The molecule has 1 saturated heterocycles. The summed E-state index contributed by atoms with van der Waals surface area (Å²) < 4.78 is 11.5. The summed E-state index contributed by atoms with van der Waals surface area (Å²) in [7, 11) is 0. The van der Waals surface area contributed by atoms with Crippen molar-refractivity contribution in [3.63, 3.8) is 0 Å². The molecule has 1 unspecified atom stereocenters. The normalized spacial score (nSPS) is 42.0. The van der Waals surface area contributed by atoms with Gasteiger partial charge >= 0.3 is 0 Å². The first kappa shape index (κ1) is 7.56. The fraction of sp³-hybridized carbons (Fsp3) is 1.00. The Bertz CT molecular complexity index is 138. The molecule has 64 valence electrons. The third kappa shape index (κ3) is 1.42. The van der Waals surface area contributed by atoms with E-state index in [9.17, 15) is 0 Å². The Morgan fingerprint density at radius 2 is 1.45 bits per heavy atom. The van der Waals surface area contributed by atoms with Crippen LogP contribution in [0.1, 0.15) is 39.5 Å². The van der Waals surface area contributed by atoms with Gasteiger partial charge in [0, 0.05) is 0 Å². The topological polar surface area (TPSA) is 18.5 Å². The Hall–Kier alpha value is -0.0800. The van der Waals surface area contributed by atoms with Crippen LogP contribution in [0.4, 0.5) is 0 Å². The molecule has 1 aliphatic carbocycles. The van der Waals surface area contributed by atoms with Crippen LogP contribution in [-0.2, 0) is 9.47 Å². The van der Waals surface area contributed by atoms with E-state index in [0.717, 1.165) is 0 Å². The molecular formula is C9H16O2. The lowest BCUT2D eigenvalue weighted by molar-refractivity contribution is -0.145. The third-order valence-corrected chi connectivity index (χ3v) is 2.51. The van der Waals surface area contributed by atoms with E-state index in [0.29, 0.717) is 12.2 Å². The van der Waals surface area contributed by atoms with Crippen LogP contribution in [-0.4, -0.2) is 18.0 Å². The molecule has 0 radical (unpaired) electrons. The van der Waals surface area contributed by atoms with Crippen LogP contribution < -0.4 is 0 Å². The van der Waals surface area contributed by atoms with Crippen molar-refractivity contribution in [3.8, 4) is 0 Å². The van der Waals surface area contributed by atoms with Gasteiger partial charge in [0.25, 0.3) is 0 Å². The fourth-order valence-corrected chi connectivity index (χ4v) is 2.09. The molecule has 0 aromatic carbocycles. The molecule has 2 rings (SSSR count). The average Bonchev–Trinajstić information content (AvgIpc) is 2.21. The van der Waals surface area contributed by atoms with Gasteiger partial charge < -0.3 is 9.47 Å². The fourth-order valence-electron chi connectivity index (χ4n) is 2.09. The molecule has 1 heterocycles. The van der Waals surface area contributed by atoms with Gasteiger partial charge in [-0.15, -0.1) is 0 Å². The maximum absolute atomic E-state index is 5.73. The highest BCUT2D eigenvalue weighted by atomic mass is 16.7. The van der Waals surface area contributed by atoms with Crippen LogP contribution in [0.25, 0.3) is 0 Å². The van der Waals surface area contributed by atoms with Crippen molar-refractivity contribution < 1.29 is 9.47 Å². The Kier molecular flexibility index (Phi) is 1.69. The summed E-state index contributed by atoms with van der Waals surface area (Å²) in [6.07, 6.45) is 5.76. The van der Waals surface area contributed by atoms with Gasteiger partial charge in [0.15, 0.2) is 5.79 Å². The largest absolute Gasteiger partial charge is 0.345 e. The van der Waals surface area contributed by atoms with Crippen LogP contribution in [0.5, 0.6) is 0 Å². The van der Waals surface area contributed by atoms with Gasteiger partial charge in [0.1, 0.15) is 0 Å². The number of fused-ring (bicyclic) bond motifs is 1. The van der Waals surface area contributed by atoms with E-state index in [1.807, 2.05) is 13.8 Å². The highest BCUT2D eigenvalue weighted by molar-refractivity contribution is 4.84. The third-order valence-electron chi connectivity index (χ3n) is 2.51. The number of rotatable bonds is 0. The van der Waals surface area contributed by atoms with Crippen molar-refractivity contribution >= 4 is 0 Å². The summed E-state index contributed by atoms with van der Waals surface area (Å²) in [6.45, 7) is 4.01. The van der Waals surface area contributed by atoms with Crippen molar-refractivity contribution in [2.24, 2.45) is 0 Å². The van der Waals surface area contributed by atoms with Crippen LogP contribution in [0.3, 0.4) is 0 Å². The molecule has 0 aromatic rings. The monoisotopic (exact) mass is 156 g/mol. The number of ether oxygens (including phenoxy) is 2. The molecule has 0 amide bonds. The summed E-state index contributed by atoms with van der Waals surface area (Å²) in [5.41, 5.74) is 0. The highest BCUT2D eigenvalue weighted by Crippen LogP contribution is 2.36. The molecule has 2 heteroatoms. The van der Waals surface area contributed by atoms with E-state index in [1.54, 1.807) is 0 Å². The van der Waals surface area contributed by atoms with Crippen LogP contribution in [0.15, 0.2) is 0 Å². The Morgan fingerprint density at radius 3 is 1.91 bits per heavy atom.